The average Bonchev–Trinajstić information content (AvgIpc) is 3.49. The van der Waals surface area contributed by atoms with Crippen LogP contribution in [-0.4, -0.2) is 39.6 Å². The van der Waals surface area contributed by atoms with Crippen LogP contribution in [0.3, 0.4) is 0 Å². The van der Waals surface area contributed by atoms with E-state index in [0.29, 0.717) is 57.9 Å². The molecule has 4 unspecified atom stereocenters. The summed E-state index contributed by atoms with van der Waals surface area (Å²) in [6.07, 6.45) is 6.17. The van der Waals surface area contributed by atoms with Crippen LogP contribution in [0.4, 0.5) is 0 Å². The van der Waals surface area contributed by atoms with Crippen LogP contribution < -0.4 is 14.8 Å². The predicted octanol–water partition coefficient (Wildman–Crippen LogP) is 3.85. The Hall–Kier alpha value is -3.27. The van der Waals surface area contributed by atoms with E-state index in [1.54, 1.807) is 18.2 Å². The molecule has 2 aliphatic heterocycles. The minimum atomic E-state index is -0.678. The molecule has 3 amide bonds. The van der Waals surface area contributed by atoms with Crippen LogP contribution in [0.15, 0.2) is 23.6 Å². The van der Waals surface area contributed by atoms with E-state index in [0.717, 1.165) is 12.8 Å². The van der Waals surface area contributed by atoms with Crippen LogP contribution >= 0.6 is 11.3 Å². The van der Waals surface area contributed by atoms with Crippen molar-refractivity contribution in [3.63, 3.8) is 0 Å². The lowest BCUT2D eigenvalue weighted by Crippen LogP contribution is -2.56. The highest BCUT2D eigenvalue weighted by Gasteiger charge is 2.60. The number of thiazole rings is 1. The third-order valence-electron chi connectivity index (χ3n) is 9.86. The Morgan fingerprint density at radius 2 is 1.97 bits per heavy atom. The number of rotatable bonds is 6. The van der Waals surface area contributed by atoms with Crippen molar-refractivity contribution in [1.29, 1.82) is 0 Å². The highest BCUT2D eigenvalue weighted by molar-refractivity contribution is 7.11. The topological polar surface area (TPSA) is 115 Å². The van der Waals surface area contributed by atoms with Gasteiger partial charge in [-0.2, -0.15) is 0 Å². The Bertz CT molecular complexity index is 1370. The monoisotopic (exact) mass is 549 g/mol. The summed E-state index contributed by atoms with van der Waals surface area (Å²) in [4.78, 5) is 56.4. The normalized spacial score (nSPS) is 32.8. The highest BCUT2D eigenvalue weighted by atomic mass is 32.1. The zero-order valence-corrected chi connectivity index (χ0v) is 22.6. The van der Waals surface area contributed by atoms with Gasteiger partial charge < -0.3 is 14.4 Å². The van der Waals surface area contributed by atoms with E-state index in [1.807, 2.05) is 5.38 Å². The Labute approximate surface area is 230 Å². The van der Waals surface area contributed by atoms with Gasteiger partial charge in [0, 0.05) is 22.9 Å². The first-order valence-electron chi connectivity index (χ1n) is 13.9. The van der Waals surface area contributed by atoms with Crippen molar-refractivity contribution in [2.75, 3.05) is 0 Å². The molecule has 5 fully saturated rings. The number of nitrogens with zero attached hydrogens (tertiary/aromatic N) is 2. The van der Waals surface area contributed by atoms with Crippen molar-refractivity contribution < 1.29 is 28.7 Å². The maximum atomic E-state index is 13.5. The van der Waals surface area contributed by atoms with Gasteiger partial charge in [0.2, 0.25) is 11.8 Å². The summed E-state index contributed by atoms with van der Waals surface area (Å²) in [6, 6.07) is 4.59. The lowest BCUT2D eigenvalue weighted by atomic mass is 9.45. The minimum Gasteiger partial charge on any atom is -0.487 e. The number of nitrogens with one attached hydrogen (secondary N) is 1. The van der Waals surface area contributed by atoms with Gasteiger partial charge in [-0.1, -0.05) is 24.3 Å². The third-order valence-corrected chi connectivity index (χ3v) is 10.6. The number of hydrogen-bond acceptors (Lipinski definition) is 8. The quantitative estimate of drug-likeness (QED) is 0.430. The number of carbonyl (C=O) groups excluding carboxylic acids is 4. The molecule has 3 heterocycles. The summed E-state index contributed by atoms with van der Waals surface area (Å²) < 4.78 is 12.0. The number of piperidine rings is 1. The first-order chi connectivity index (χ1) is 18.8. The summed E-state index contributed by atoms with van der Waals surface area (Å²) in [5.41, 5.74) is 1.48. The standard InChI is InChI=1S/C29H31N3O6S/c1-15-18-8-16-7-17(9-18)11-29(15,10-16)27(36)38-28-30-19(14-39-28)13-37-23-4-2-3-20-21(23)12-32(26(20)35)22-5-6-24(33)31-25(22)34/h2-4,14-18,22H,5-13H2,1H3,(H,31,33,34). The summed E-state index contributed by atoms with van der Waals surface area (Å²) in [6.45, 7) is 2.62. The number of ether oxygens (including phenoxy) is 2. The van der Waals surface area contributed by atoms with E-state index >= 15 is 0 Å². The van der Waals surface area contributed by atoms with Gasteiger partial charge in [-0.05, 0) is 74.3 Å². The molecule has 4 atom stereocenters. The van der Waals surface area contributed by atoms with Crippen LogP contribution in [0.5, 0.6) is 10.9 Å². The number of amides is 3. The van der Waals surface area contributed by atoms with Gasteiger partial charge in [0.15, 0.2) is 0 Å². The van der Waals surface area contributed by atoms with Crippen molar-refractivity contribution >= 4 is 35.0 Å². The Morgan fingerprint density at radius 3 is 2.74 bits per heavy atom. The Kier molecular flexibility index (Phi) is 5.80. The van der Waals surface area contributed by atoms with Gasteiger partial charge in [-0.25, -0.2) is 4.98 Å². The zero-order valence-electron chi connectivity index (χ0n) is 21.8. The number of carbonyl (C=O) groups is 4. The minimum absolute atomic E-state index is 0.121. The van der Waals surface area contributed by atoms with Crippen molar-refractivity contribution in [2.45, 2.75) is 71.1 Å². The summed E-state index contributed by atoms with van der Waals surface area (Å²) in [7, 11) is 0. The van der Waals surface area contributed by atoms with Gasteiger partial charge in [-0.3, -0.25) is 24.5 Å². The summed E-state index contributed by atoms with van der Waals surface area (Å²) in [5, 5.41) is 4.50. The molecule has 2 aromatic rings. The molecular weight excluding hydrogens is 518 g/mol. The number of imide groups is 1. The highest BCUT2D eigenvalue weighted by Crippen LogP contribution is 2.63. The molecule has 204 valence electrons. The first kappa shape index (κ1) is 24.7. The molecular formula is C29H31N3O6S. The zero-order chi connectivity index (χ0) is 26.9. The van der Waals surface area contributed by atoms with E-state index in [1.165, 1.54) is 35.5 Å². The molecule has 0 spiro atoms. The van der Waals surface area contributed by atoms with Crippen molar-refractivity contribution in [2.24, 2.45) is 29.1 Å². The van der Waals surface area contributed by atoms with E-state index < -0.39 is 11.9 Å². The van der Waals surface area contributed by atoms with Gasteiger partial charge in [-0.15, -0.1) is 0 Å². The van der Waals surface area contributed by atoms with Gasteiger partial charge in [0.25, 0.3) is 11.1 Å². The number of esters is 1. The summed E-state index contributed by atoms with van der Waals surface area (Å²) >= 11 is 1.30. The number of hydrogen-bond donors (Lipinski definition) is 1. The molecule has 1 saturated heterocycles. The van der Waals surface area contributed by atoms with Crippen LogP contribution in [0, 0.1) is 29.1 Å². The van der Waals surface area contributed by atoms with Crippen molar-refractivity contribution in [3.05, 3.63) is 40.4 Å². The molecule has 10 heteroatoms. The van der Waals surface area contributed by atoms with E-state index in [4.69, 9.17) is 9.47 Å². The molecule has 9 nitrogen and oxygen atoms in total. The molecule has 0 radical (unpaired) electrons. The van der Waals surface area contributed by atoms with Crippen LogP contribution in [0.25, 0.3) is 0 Å². The van der Waals surface area contributed by atoms with Crippen molar-refractivity contribution in [3.8, 4) is 10.9 Å². The second-order valence-corrected chi connectivity index (χ2v) is 12.8. The fraction of sp³-hybridized carbons (Fsp3) is 0.552. The van der Waals surface area contributed by atoms with Crippen LogP contribution in [0.2, 0.25) is 0 Å². The first-order valence-corrected chi connectivity index (χ1v) is 14.7. The van der Waals surface area contributed by atoms with Crippen LogP contribution in [0.1, 0.15) is 73.5 Å². The molecule has 4 bridgehead atoms. The maximum absolute atomic E-state index is 13.5. The lowest BCUT2D eigenvalue weighted by molar-refractivity contribution is -0.172. The van der Waals surface area contributed by atoms with Gasteiger partial charge in [0.1, 0.15) is 18.4 Å². The Balaban J connectivity index is 1.01. The molecule has 1 N–H and O–H groups in total. The van der Waals surface area contributed by atoms with E-state index in [9.17, 15) is 19.2 Å². The molecule has 1 aromatic carbocycles. The van der Waals surface area contributed by atoms with E-state index in [-0.39, 0.29) is 42.8 Å². The molecule has 1 aromatic heterocycles. The fourth-order valence-corrected chi connectivity index (χ4v) is 8.73. The summed E-state index contributed by atoms with van der Waals surface area (Å²) in [5.74, 6) is 1.71. The van der Waals surface area contributed by atoms with Gasteiger partial charge >= 0.3 is 5.97 Å². The number of fused-ring (bicyclic) bond motifs is 1. The molecule has 4 aliphatic carbocycles. The lowest BCUT2D eigenvalue weighted by Gasteiger charge is -2.58. The van der Waals surface area contributed by atoms with E-state index in [2.05, 4.69) is 17.2 Å². The van der Waals surface area contributed by atoms with Crippen LogP contribution in [-0.2, 0) is 27.5 Å². The second kappa shape index (κ2) is 9.15. The fourth-order valence-electron chi connectivity index (χ4n) is 8.07. The molecule has 6 aliphatic rings. The average molecular weight is 550 g/mol. The number of aromatic nitrogens is 1. The Morgan fingerprint density at radius 1 is 1.18 bits per heavy atom. The smallest absolute Gasteiger partial charge is 0.319 e. The third kappa shape index (κ3) is 4.06. The second-order valence-electron chi connectivity index (χ2n) is 12.0. The molecule has 39 heavy (non-hydrogen) atoms. The largest absolute Gasteiger partial charge is 0.487 e. The predicted molar refractivity (Wildman–Crippen MR) is 140 cm³/mol. The SMILES string of the molecule is CC1C2CC3CC(C2)CC1(C(=O)Oc1nc(COc2cccc4c2CN(C2CCC(=O)NC2=O)C4=O)cs1)C3. The molecule has 4 saturated carbocycles. The van der Waals surface area contributed by atoms with Gasteiger partial charge in [0.05, 0.1) is 17.7 Å². The molecule has 8 rings (SSSR count). The van der Waals surface area contributed by atoms with Crippen molar-refractivity contribution in [1.82, 2.24) is 15.2 Å². The number of benzene rings is 1. The maximum Gasteiger partial charge on any atom is 0.319 e.